The first-order valence-corrected chi connectivity index (χ1v) is 9.37. The van der Waals surface area contributed by atoms with Gasteiger partial charge < -0.3 is 13.9 Å². The molecule has 0 unspecified atom stereocenters. The predicted octanol–water partition coefficient (Wildman–Crippen LogP) is 4.43. The van der Waals surface area contributed by atoms with Crippen LogP contribution in [0.25, 0.3) is 11.3 Å². The molecule has 29 heavy (non-hydrogen) atoms. The van der Waals surface area contributed by atoms with Gasteiger partial charge in [-0.3, -0.25) is 15.0 Å². The minimum Gasteiger partial charge on any atom is -0.493 e. The van der Waals surface area contributed by atoms with Crippen molar-refractivity contribution in [3.8, 4) is 22.8 Å². The Bertz CT molecular complexity index is 1040. The molecule has 7 heteroatoms. The summed E-state index contributed by atoms with van der Waals surface area (Å²) < 4.78 is 16.8. The van der Waals surface area contributed by atoms with E-state index in [9.17, 15) is 10.1 Å². The topological polar surface area (TPSA) is 78.0 Å². The molecule has 0 bridgehead atoms. The molecule has 2 heterocycles. The summed E-state index contributed by atoms with van der Waals surface area (Å²) in [4.78, 5) is 13.2. The number of nitro groups is 1. The van der Waals surface area contributed by atoms with Gasteiger partial charge in [-0.25, -0.2) is 0 Å². The van der Waals surface area contributed by atoms with E-state index >= 15 is 0 Å². The van der Waals surface area contributed by atoms with Crippen LogP contribution in [0.15, 0.2) is 52.9 Å². The van der Waals surface area contributed by atoms with Gasteiger partial charge in [0.2, 0.25) is 0 Å². The zero-order valence-corrected chi connectivity index (χ0v) is 16.4. The number of fused-ring (bicyclic) bond motifs is 1. The smallest absolute Gasteiger partial charge is 0.280 e. The van der Waals surface area contributed by atoms with E-state index in [-0.39, 0.29) is 10.6 Å². The molecule has 0 atom stereocenters. The van der Waals surface area contributed by atoms with Gasteiger partial charge in [0, 0.05) is 19.2 Å². The van der Waals surface area contributed by atoms with Gasteiger partial charge in [0.25, 0.3) is 5.69 Å². The van der Waals surface area contributed by atoms with Crippen LogP contribution in [0.2, 0.25) is 0 Å². The van der Waals surface area contributed by atoms with Crippen LogP contribution in [0.5, 0.6) is 11.5 Å². The molecular formula is C22H22N2O5. The van der Waals surface area contributed by atoms with E-state index < -0.39 is 0 Å². The average molecular weight is 394 g/mol. The maximum absolute atomic E-state index is 11.3. The van der Waals surface area contributed by atoms with Gasteiger partial charge in [-0.1, -0.05) is 12.1 Å². The number of furan rings is 1. The molecule has 0 amide bonds. The fourth-order valence-electron chi connectivity index (χ4n) is 3.75. The lowest BCUT2D eigenvalue weighted by Gasteiger charge is -2.28. The lowest BCUT2D eigenvalue weighted by Crippen LogP contribution is -2.30. The van der Waals surface area contributed by atoms with Crippen molar-refractivity contribution in [2.24, 2.45) is 0 Å². The van der Waals surface area contributed by atoms with Crippen molar-refractivity contribution < 1.29 is 18.8 Å². The van der Waals surface area contributed by atoms with E-state index in [0.29, 0.717) is 17.9 Å². The third-order valence-electron chi connectivity index (χ3n) is 5.20. The normalized spacial score (nSPS) is 13.7. The average Bonchev–Trinajstić information content (AvgIpc) is 3.20. The van der Waals surface area contributed by atoms with Crippen LogP contribution in [-0.4, -0.2) is 30.6 Å². The van der Waals surface area contributed by atoms with Gasteiger partial charge in [-0.05, 0) is 47.9 Å². The lowest BCUT2D eigenvalue weighted by molar-refractivity contribution is -0.384. The summed E-state index contributed by atoms with van der Waals surface area (Å²) in [6.45, 7) is 2.30. The molecule has 0 saturated heterocycles. The first kappa shape index (κ1) is 19.0. The van der Waals surface area contributed by atoms with E-state index in [4.69, 9.17) is 13.9 Å². The monoisotopic (exact) mass is 394 g/mol. The molecule has 4 rings (SSSR count). The Labute approximate surface area is 168 Å². The van der Waals surface area contributed by atoms with Crippen LogP contribution in [-0.2, 0) is 19.5 Å². The van der Waals surface area contributed by atoms with Crippen LogP contribution in [0, 0.1) is 10.1 Å². The Morgan fingerprint density at radius 2 is 1.79 bits per heavy atom. The van der Waals surface area contributed by atoms with Gasteiger partial charge in [0.1, 0.15) is 11.5 Å². The highest BCUT2D eigenvalue weighted by Gasteiger charge is 2.22. The second-order valence-electron chi connectivity index (χ2n) is 6.98. The Balaban J connectivity index is 1.52. The zero-order valence-electron chi connectivity index (χ0n) is 16.4. The van der Waals surface area contributed by atoms with Crippen molar-refractivity contribution >= 4 is 5.69 Å². The van der Waals surface area contributed by atoms with Gasteiger partial charge >= 0.3 is 0 Å². The summed E-state index contributed by atoms with van der Waals surface area (Å²) in [6.07, 6.45) is 0.910. The van der Waals surface area contributed by atoms with Gasteiger partial charge in [0.05, 0.1) is 31.3 Å². The molecule has 0 N–H and O–H groups in total. The quantitative estimate of drug-likeness (QED) is 0.455. The molecule has 1 aromatic heterocycles. The van der Waals surface area contributed by atoms with Crippen molar-refractivity contribution in [1.82, 2.24) is 4.90 Å². The number of benzene rings is 2. The van der Waals surface area contributed by atoms with Gasteiger partial charge in [-0.15, -0.1) is 0 Å². The number of methoxy groups -OCH3 is 2. The summed E-state index contributed by atoms with van der Waals surface area (Å²) in [5, 5.41) is 11.3. The van der Waals surface area contributed by atoms with E-state index in [1.807, 2.05) is 18.2 Å². The molecule has 2 aromatic carbocycles. The van der Waals surface area contributed by atoms with Crippen LogP contribution in [0.4, 0.5) is 5.69 Å². The fraction of sp³-hybridized carbons (Fsp3) is 0.273. The van der Waals surface area contributed by atoms with E-state index in [1.165, 1.54) is 17.2 Å². The van der Waals surface area contributed by atoms with Crippen LogP contribution in [0.1, 0.15) is 16.9 Å². The maximum Gasteiger partial charge on any atom is 0.280 e. The summed E-state index contributed by atoms with van der Waals surface area (Å²) in [7, 11) is 3.28. The minimum absolute atomic E-state index is 0.0429. The number of nitrogens with zero attached hydrogens (tertiary/aromatic N) is 2. The molecule has 3 aromatic rings. The van der Waals surface area contributed by atoms with Crippen molar-refractivity contribution in [3.05, 3.63) is 75.5 Å². The van der Waals surface area contributed by atoms with Crippen molar-refractivity contribution in [2.45, 2.75) is 19.5 Å². The molecular weight excluding hydrogens is 372 g/mol. The van der Waals surface area contributed by atoms with Gasteiger partial charge in [-0.2, -0.15) is 0 Å². The number of para-hydroxylation sites is 1. The van der Waals surface area contributed by atoms with Crippen LogP contribution in [0.3, 0.4) is 0 Å². The third kappa shape index (κ3) is 3.82. The van der Waals surface area contributed by atoms with Crippen LogP contribution < -0.4 is 9.47 Å². The second-order valence-corrected chi connectivity index (χ2v) is 6.98. The molecule has 0 aliphatic carbocycles. The molecule has 1 aliphatic rings. The molecule has 0 fully saturated rings. The fourth-order valence-corrected chi connectivity index (χ4v) is 3.75. The number of hydrogen-bond acceptors (Lipinski definition) is 6. The number of ether oxygens (including phenoxy) is 2. The molecule has 0 radical (unpaired) electrons. The molecule has 1 aliphatic heterocycles. The van der Waals surface area contributed by atoms with Crippen molar-refractivity contribution in [1.29, 1.82) is 0 Å². The van der Waals surface area contributed by atoms with Gasteiger partial charge in [0.15, 0.2) is 11.5 Å². The van der Waals surface area contributed by atoms with Crippen molar-refractivity contribution in [3.63, 3.8) is 0 Å². The Morgan fingerprint density at radius 3 is 2.52 bits per heavy atom. The standard InChI is InChI=1S/C22H22N2O5/c1-27-21-11-15-9-10-23(13-16(15)12-22(21)28-2)14-17-7-8-20(29-17)18-5-3-4-6-19(18)24(25)26/h3-8,11-12H,9-10,13-14H2,1-2H3. The van der Waals surface area contributed by atoms with E-state index in [2.05, 4.69) is 4.90 Å². The van der Waals surface area contributed by atoms with Crippen molar-refractivity contribution in [2.75, 3.05) is 20.8 Å². The molecule has 7 nitrogen and oxygen atoms in total. The highest BCUT2D eigenvalue weighted by molar-refractivity contribution is 5.69. The SMILES string of the molecule is COc1cc2c(cc1OC)CN(Cc1ccc(-c3ccccc3[N+](=O)[O-])o1)CC2. The maximum atomic E-state index is 11.3. The Morgan fingerprint density at radius 1 is 1.07 bits per heavy atom. The minimum atomic E-state index is -0.388. The highest BCUT2D eigenvalue weighted by Crippen LogP contribution is 2.34. The predicted molar refractivity (Wildman–Crippen MR) is 108 cm³/mol. The second kappa shape index (κ2) is 7.97. The van der Waals surface area contributed by atoms with Crippen LogP contribution >= 0.6 is 0 Å². The largest absolute Gasteiger partial charge is 0.493 e. The first-order valence-electron chi connectivity index (χ1n) is 9.37. The molecule has 150 valence electrons. The first-order chi connectivity index (χ1) is 14.1. The summed E-state index contributed by atoms with van der Waals surface area (Å²) >= 11 is 0. The third-order valence-corrected chi connectivity index (χ3v) is 5.20. The summed E-state index contributed by atoms with van der Waals surface area (Å²) in [5.74, 6) is 2.77. The summed E-state index contributed by atoms with van der Waals surface area (Å²) in [6, 6.07) is 14.4. The lowest BCUT2D eigenvalue weighted by atomic mass is 9.98. The Hall–Kier alpha value is -3.32. The number of hydrogen-bond donors (Lipinski definition) is 0. The zero-order chi connectivity index (χ0) is 20.4. The highest BCUT2D eigenvalue weighted by atomic mass is 16.6. The number of nitro benzene ring substituents is 1. The number of rotatable bonds is 6. The Kier molecular flexibility index (Phi) is 5.22. The van der Waals surface area contributed by atoms with E-state index in [1.54, 1.807) is 38.5 Å². The van der Waals surface area contributed by atoms with E-state index in [0.717, 1.165) is 36.8 Å². The summed E-state index contributed by atoms with van der Waals surface area (Å²) in [5.41, 5.74) is 3.00. The molecule has 0 saturated carbocycles. The molecule has 0 spiro atoms.